The van der Waals surface area contributed by atoms with Crippen LogP contribution in [0, 0.1) is 5.82 Å². The van der Waals surface area contributed by atoms with E-state index >= 15 is 0 Å². The second-order valence-electron chi connectivity index (χ2n) is 6.22. The van der Waals surface area contributed by atoms with E-state index < -0.39 is 0 Å². The zero-order chi connectivity index (χ0) is 14.8. The molecule has 1 aliphatic rings. The number of piperidine rings is 1. The van der Waals surface area contributed by atoms with E-state index in [0.29, 0.717) is 12.0 Å². The average Bonchev–Trinajstić information content (AvgIpc) is 2.44. The molecule has 1 atom stereocenters. The van der Waals surface area contributed by atoms with E-state index in [0.717, 1.165) is 13.1 Å². The molecule has 4 heteroatoms. The lowest BCUT2D eigenvalue weighted by Gasteiger charge is -2.44. The van der Waals surface area contributed by atoms with E-state index in [-0.39, 0.29) is 22.4 Å². The molecule has 0 amide bonds. The topological polar surface area (TPSA) is 29.3 Å². The van der Waals surface area contributed by atoms with Gasteiger partial charge in [0.2, 0.25) is 0 Å². The van der Waals surface area contributed by atoms with Crippen LogP contribution in [-0.2, 0) is 6.42 Å². The Bertz CT molecular complexity index is 456. The molecule has 2 N–H and O–H groups in total. The minimum absolute atomic E-state index is 0.117. The lowest BCUT2D eigenvalue weighted by atomic mass is 9.86. The van der Waals surface area contributed by atoms with Crippen molar-refractivity contribution in [2.45, 2.75) is 51.1 Å². The molecule has 1 aromatic rings. The lowest BCUT2D eigenvalue weighted by Crippen LogP contribution is -2.58. The summed E-state index contributed by atoms with van der Waals surface area (Å²) in [5.41, 5.74) is 6.86. The summed E-state index contributed by atoms with van der Waals surface area (Å²) >= 11 is 5.83. The summed E-state index contributed by atoms with van der Waals surface area (Å²) in [5, 5.41) is 0.172. The van der Waals surface area contributed by atoms with Crippen molar-refractivity contribution >= 4 is 11.6 Å². The van der Waals surface area contributed by atoms with Gasteiger partial charge in [-0.2, -0.15) is 0 Å². The maximum atomic E-state index is 14.0. The van der Waals surface area contributed by atoms with Crippen LogP contribution in [0.3, 0.4) is 0 Å². The van der Waals surface area contributed by atoms with Gasteiger partial charge < -0.3 is 5.73 Å². The van der Waals surface area contributed by atoms with Crippen LogP contribution in [0.25, 0.3) is 0 Å². The summed E-state index contributed by atoms with van der Waals surface area (Å²) in [6.45, 7) is 6.48. The number of hydrogen-bond acceptors (Lipinski definition) is 2. The minimum atomic E-state index is -0.334. The Kier molecular flexibility index (Phi) is 5.05. The first-order chi connectivity index (χ1) is 9.43. The smallest absolute Gasteiger partial charge is 0.145 e. The summed E-state index contributed by atoms with van der Waals surface area (Å²) in [7, 11) is 0. The standard InChI is InChI=1S/C16H24ClFN2/c1-16(2,20-9-4-3-5-10-20)14(19)11-12-7-6-8-13(17)15(12)18/h6-8,14H,3-5,9-11,19H2,1-2H3. The molecular weight excluding hydrogens is 275 g/mol. The summed E-state index contributed by atoms with van der Waals surface area (Å²) in [5.74, 6) is -0.334. The van der Waals surface area contributed by atoms with Gasteiger partial charge in [0.25, 0.3) is 0 Å². The largest absolute Gasteiger partial charge is 0.326 e. The van der Waals surface area contributed by atoms with Gasteiger partial charge in [-0.25, -0.2) is 4.39 Å². The fourth-order valence-corrected chi connectivity index (χ4v) is 3.09. The molecule has 0 radical (unpaired) electrons. The molecule has 0 bridgehead atoms. The normalized spacial score (nSPS) is 19.1. The molecule has 0 saturated carbocycles. The zero-order valence-corrected chi connectivity index (χ0v) is 13.1. The van der Waals surface area contributed by atoms with E-state index in [1.807, 2.05) is 0 Å². The molecule has 20 heavy (non-hydrogen) atoms. The highest BCUT2D eigenvalue weighted by molar-refractivity contribution is 6.30. The molecule has 0 spiro atoms. The van der Waals surface area contributed by atoms with E-state index in [1.54, 1.807) is 18.2 Å². The SMILES string of the molecule is CC(C)(C(N)Cc1cccc(Cl)c1F)N1CCCCC1. The van der Waals surface area contributed by atoms with Gasteiger partial charge in [0.1, 0.15) is 5.82 Å². The number of rotatable bonds is 4. The van der Waals surface area contributed by atoms with Crippen LogP contribution < -0.4 is 5.73 Å². The Morgan fingerprint density at radius 2 is 1.95 bits per heavy atom. The Labute approximate surface area is 126 Å². The predicted molar refractivity (Wildman–Crippen MR) is 82.6 cm³/mol. The van der Waals surface area contributed by atoms with Gasteiger partial charge >= 0.3 is 0 Å². The number of likely N-dealkylation sites (tertiary alicyclic amines) is 1. The van der Waals surface area contributed by atoms with E-state index in [1.165, 1.54) is 19.3 Å². The summed E-state index contributed by atoms with van der Waals surface area (Å²) in [4.78, 5) is 2.43. The third-order valence-corrected chi connectivity index (χ3v) is 4.84. The highest BCUT2D eigenvalue weighted by atomic mass is 35.5. The molecule has 1 fully saturated rings. The van der Waals surface area contributed by atoms with Crippen LogP contribution in [0.1, 0.15) is 38.7 Å². The first kappa shape index (κ1) is 15.7. The number of hydrogen-bond donors (Lipinski definition) is 1. The molecule has 2 nitrogen and oxygen atoms in total. The molecule has 0 aromatic heterocycles. The van der Waals surface area contributed by atoms with Crippen LogP contribution in [0.15, 0.2) is 18.2 Å². The quantitative estimate of drug-likeness (QED) is 0.920. The van der Waals surface area contributed by atoms with E-state index in [4.69, 9.17) is 17.3 Å². The molecule has 1 aliphatic heterocycles. The molecule has 1 unspecified atom stereocenters. The van der Waals surface area contributed by atoms with Gasteiger partial charge in [0, 0.05) is 11.6 Å². The maximum absolute atomic E-state index is 14.0. The predicted octanol–water partition coefficient (Wildman–Crippen LogP) is 3.61. The lowest BCUT2D eigenvalue weighted by molar-refractivity contribution is 0.0729. The monoisotopic (exact) mass is 298 g/mol. The Hall–Kier alpha value is -0.640. The van der Waals surface area contributed by atoms with E-state index in [9.17, 15) is 4.39 Å². The maximum Gasteiger partial charge on any atom is 0.145 e. The third kappa shape index (κ3) is 3.33. The molecule has 2 rings (SSSR count). The van der Waals surface area contributed by atoms with Crippen molar-refractivity contribution in [2.75, 3.05) is 13.1 Å². The Morgan fingerprint density at radius 3 is 2.60 bits per heavy atom. The van der Waals surface area contributed by atoms with Crippen LogP contribution in [0.5, 0.6) is 0 Å². The summed E-state index contributed by atoms with van der Waals surface area (Å²) in [6, 6.07) is 5.00. The number of halogens is 2. The second-order valence-corrected chi connectivity index (χ2v) is 6.63. The fraction of sp³-hybridized carbons (Fsp3) is 0.625. The zero-order valence-electron chi connectivity index (χ0n) is 12.3. The number of nitrogens with two attached hydrogens (primary N) is 1. The van der Waals surface area contributed by atoms with Crippen LogP contribution in [0.2, 0.25) is 5.02 Å². The number of benzene rings is 1. The minimum Gasteiger partial charge on any atom is -0.326 e. The summed E-state index contributed by atoms with van der Waals surface area (Å²) < 4.78 is 14.0. The van der Waals surface area contributed by atoms with Crippen LogP contribution in [-0.4, -0.2) is 29.6 Å². The second kappa shape index (κ2) is 6.42. The number of nitrogens with zero attached hydrogens (tertiary/aromatic N) is 1. The van der Waals surface area contributed by atoms with Gasteiger partial charge in [-0.1, -0.05) is 30.2 Å². The molecule has 112 valence electrons. The molecular formula is C16H24ClFN2. The van der Waals surface area contributed by atoms with Crippen molar-refractivity contribution < 1.29 is 4.39 Å². The van der Waals surface area contributed by atoms with Gasteiger partial charge in [0.15, 0.2) is 0 Å². The van der Waals surface area contributed by atoms with Crippen molar-refractivity contribution in [3.05, 3.63) is 34.6 Å². The third-order valence-electron chi connectivity index (χ3n) is 4.55. The van der Waals surface area contributed by atoms with Crippen molar-refractivity contribution in [2.24, 2.45) is 5.73 Å². The van der Waals surface area contributed by atoms with Crippen LogP contribution in [0.4, 0.5) is 4.39 Å². The highest BCUT2D eigenvalue weighted by Crippen LogP contribution is 2.26. The van der Waals surface area contributed by atoms with Crippen molar-refractivity contribution in [3.63, 3.8) is 0 Å². The first-order valence-electron chi connectivity index (χ1n) is 7.36. The van der Waals surface area contributed by atoms with Gasteiger partial charge in [-0.3, -0.25) is 4.90 Å². The molecule has 1 heterocycles. The average molecular weight is 299 g/mol. The van der Waals surface area contributed by atoms with E-state index in [2.05, 4.69) is 18.7 Å². The van der Waals surface area contributed by atoms with Crippen molar-refractivity contribution in [1.82, 2.24) is 4.90 Å². The van der Waals surface area contributed by atoms with Crippen molar-refractivity contribution in [3.8, 4) is 0 Å². The van der Waals surface area contributed by atoms with Crippen LogP contribution >= 0.6 is 11.6 Å². The van der Waals surface area contributed by atoms with Gasteiger partial charge in [-0.15, -0.1) is 0 Å². The Morgan fingerprint density at radius 1 is 1.30 bits per heavy atom. The summed E-state index contributed by atoms with van der Waals surface area (Å²) in [6.07, 6.45) is 4.25. The molecule has 1 aromatic carbocycles. The van der Waals surface area contributed by atoms with Gasteiger partial charge in [0.05, 0.1) is 5.02 Å². The van der Waals surface area contributed by atoms with Crippen molar-refractivity contribution in [1.29, 1.82) is 0 Å². The fourth-order valence-electron chi connectivity index (χ4n) is 2.90. The van der Waals surface area contributed by atoms with Gasteiger partial charge in [-0.05, 0) is 57.8 Å². The molecule has 1 saturated heterocycles. The highest BCUT2D eigenvalue weighted by Gasteiger charge is 2.34. The molecule has 0 aliphatic carbocycles. The Balaban J connectivity index is 2.09. The first-order valence-corrected chi connectivity index (χ1v) is 7.74.